The summed E-state index contributed by atoms with van der Waals surface area (Å²) in [4.78, 5) is 3.00. The van der Waals surface area contributed by atoms with Crippen molar-refractivity contribution in [3.05, 3.63) is 35.9 Å². The summed E-state index contributed by atoms with van der Waals surface area (Å²) in [6, 6.07) is 10.4. The van der Waals surface area contributed by atoms with Gasteiger partial charge in [-0.25, -0.2) is 0 Å². The average Bonchev–Trinajstić information content (AvgIpc) is 2.89. The number of hydrogen-bond donors (Lipinski definition) is 1. The van der Waals surface area contributed by atoms with Crippen molar-refractivity contribution in [3.63, 3.8) is 0 Å². The molecule has 0 amide bonds. The third-order valence-corrected chi connectivity index (χ3v) is 4.37. The van der Waals surface area contributed by atoms with E-state index in [0.717, 1.165) is 12.5 Å². The highest BCUT2D eigenvalue weighted by Crippen LogP contribution is 2.26. The Morgan fingerprint density at radius 3 is 2.53 bits per heavy atom. The maximum Gasteiger partial charge on any atom is 0.0816 e. The second-order valence-corrected chi connectivity index (χ2v) is 6.21. The molecule has 1 atom stereocenters. The van der Waals surface area contributed by atoms with E-state index in [2.05, 4.69) is 36.2 Å². The van der Waals surface area contributed by atoms with Gasteiger partial charge in [-0.15, -0.1) is 0 Å². The van der Waals surface area contributed by atoms with Crippen LogP contribution in [0.3, 0.4) is 0 Å². The fourth-order valence-electron chi connectivity index (χ4n) is 3.06. The highest BCUT2D eigenvalue weighted by Gasteiger charge is 2.21. The highest BCUT2D eigenvalue weighted by molar-refractivity contribution is 7.80. The Bertz CT molecular complexity index is 398. The number of nitrogens with two attached hydrogens (primary N) is 1. The number of likely N-dealkylation sites (N-methyl/N-ethyl adjacent to an activating group) is 1. The van der Waals surface area contributed by atoms with Crippen LogP contribution in [-0.2, 0) is 0 Å². The van der Waals surface area contributed by atoms with Crippen molar-refractivity contribution in [3.8, 4) is 0 Å². The molecule has 1 fully saturated rings. The van der Waals surface area contributed by atoms with Crippen molar-refractivity contribution in [1.29, 1.82) is 0 Å². The molecule has 1 aliphatic rings. The third-order valence-electron chi connectivity index (χ3n) is 4.08. The molecule has 0 aliphatic heterocycles. The van der Waals surface area contributed by atoms with Crippen LogP contribution in [0.15, 0.2) is 30.3 Å². The zero-order chi connectivity index (χ0) is 13.7. The molecule has 2 N–H and O–H groups in total. The van der Waals surface area contributed by atoms with Crippen LogP contribution in [0.25, 0.3) is 0 Å². The van der Waals surface area contributed by atoms with E-state index in [1.54, 1.807) is 0 Å². The SMILES string of the molecule is CN(CC1CCCC1)CC(C(N)=S)c1ccccc1. The molecule has 1 aromatic carbocycles. The Morgan fingerprint density at radius 1 is 1.32 bits per heavy atom. The van der Waals surface area contributed by atoms with Crippen LogP contribution in [-0.4, -0.2) is 30.0 Å². The molecule has 1 aliphatic carbocycles. The molecule has 3 heteroatoms. The zero-order valence-corrected chi connectivity index (χ0v) is 12.5. The van der Waals surface area contributed by atoms with Gasteiger partial charge in [-0.2, -0.15) is 0 Å². The van der Waals surface area contributed by atoms with Gasteiger partial charge in [0.25, 0.3) is 0 Å². The lowest BCUT2D eigenvalue weighted by molar-refractivity contribution is 0.276. The Balaban J connectivity index is 1.94. The van der Waals surface area contributed by atoms with E-state index in [4.69, 9.17) is 18.0 Å². The standard InChI is InChI=1S/C16H24N2S/c1-18(11-13-7-5-6-8-13)12-15(16(17)19)14-9-3-2-4-10-14/h2-4,9-10,13,15H,5-8,11-12H2,1H3,(H2,17,19). The van der Waals surface area contributed by atoms with Crippen LogP contribution in [0.4, 0.5) is 0 Å². The van der Waals surface area contributed by atoms with Crippen LogP contribution >= 0.6 is 12.2 Å². The molecule has 1 unspecified atom stereocenters. The van der Waals surface area contributed by atoms with Crippen LogP contribution in [0.1, 0.15) is 37.2 Å². The van der Waals surface area contributed by atoms with Gasteiger partial charge in [0.15, 0.2) is 0 Å². The molecule has 2 rings (SSSR count). The maximum atomic E-state index is 5.93. The van der Waals surface area contributed by atoms with Gasteiger partial charge in [-0.1, -0.05) is 55.4 Å². The van der Waals surface area contributed by atoms with Crippen LogP contribution in [0.5, 0.6) is 0 Å². The number of nitrogens with zero attached hydrogens (tertiary/aromatic N) is 1. The Labute approximate surface area is 122 Å². The minimum absolute atomic E-state index is 0.169. The first-order valence-electron chi connectivity index (χ1n) is 7.19. The molecule has 19 heavy (non-hydrogen) atoms. The molecule has 1 saturated carbocycles. The molecule has 0 spiro atoms. The van der Waals surface area contributed by atoms with E-state index in [-0.39, 0.29) is 5.92 Å². The lowest BCUT2D eigenvalue weighted by Gasteiger charge is -2.26. The van der Waals surface area contributed by atoms with E-state index in [0.29, 0.717) is 4.99 Å². The van der Waals surface area contributed by atoms with E-state index in [9.17, 15) is 0 Å². The topological polar surface area (TPSA) is 29.3 Å². The molecule has 0 aromatic heterocycles. The van der Waals surface area contributed by atoms with E-state index >= 15 is 0 Å². The number of thiocarbonyl (C=S) groups is 1. The predicted molar refractivity (Wildman–Crippen MR) is 85.4 cm³/mol. The first-order valence-corrected chi connectivity index (χ1v) is 7.60. The average molecular weight is 276 g/mol. The van der Waals surface area contributed by atoms with Crippen LogP contribution in [0.2, 0.25) is 0 Å². The summed E-state index contributed by atoms with van der Waals surface area (Å²) in [6.45, 7) is 2.10. The quantitative estimate of drug-likeness (QED) is 0.809. The first-order chi connectivity index (χ1) is 9.16. The van der Waals surface area contributed by atoms with Gasteiger partial charge < -0.3 is 10.6 Å². The summed E-state index contributed by atoms with van der Waals surface area (Å²) in [7, 11) is 2.19. The molecule has 0 bridgehead atoms. The summed E-state index contributed by atoms with van der Waals surface area (Å²) in [5.41, 5.74) is 7.16. The Morgan fingerprint density at radius 2 is 1.95 bits per heavy atom. The van der Waals surface area contributed by atoms with Gasteiger partial charge >= 0.3 is 0 Å². The first kappa shape index (κ1) is 14.5. The summed E-state index contributed by atoms with van der Waals surface area (Å²) in [5.74, 6) is 1.04. The Kier molecular flexibility index (Phi) is 5.34. The van der Waals surface area contributed by atoms with Crippen molar-refractivity contribution in [1.82, 2.24) is 4.90 Å². The van der Waals surface area contributed by atoms with Crippen molar-refractivity contribution in [2.75, 3.05) is 20.1 Å². The normalized spacial score (nSPS) is 17.8. The molecule has 0 heterocycles. The van der Waals surface area contributed by atoms with Crippen LogP contribution < -0.4 is 5.73 Å². The van der Waals surface area contributed by atoms with Gasteiger partial charge in [-0.3, -0.25) is 0 Å². The van der Waals surface area contributed by atoms with Crippen LogP contribution in [0, 0.1) is 5.92 Å². The third kappa shape index (κ3) is 4.29. The van der Waals surface area contributed by atoms with Gasteiger partial charge in [0, 0.05) is 19.0 Å². The van der Waals surface area contributed by atoms with Crippen molar-refractivity contribution in [2.45, 2.75) is 31.6 Å². The molecule has 1 aromatic rings. The van der Waals surface area contributed by atoms with Gasteiger partial charge in [-0.05, 0) is 31.4 Å². The molecule has 0 radical (unpaired) electrons. The summed E-state index contributed by atoms with van der Waals surface area (Å²) < 4.78 is 0. The van der Waals surface area contributed by atoms with E-state index in [1.807, 2.05) is 6.07 Å². The largest absolute Gasteiger partial charge is 0.393 e. The van der Waals surface area contributed by atoms with E-state index in [1.165, 1.54) is 37.8 Å². The van der Waals surface area contributed by atoms with Crippen molar-refractivity contribution in [2.24, 2.45) is 11.7 Å². The lowest BCUT2D eigenvalue weighted by Crippen LogP contribution is -2.34. The molecule has 104 valence electrons. The fraction of sp³-hybridized carbons (Fsp3) is 0.562. The van der Waals surface area contributed by atoms with E-state index < -0.39 is 0 Å². The fourth-order valence-corrected chi connectivity index (χ4v) is 3.28. The smallest absolute Gasteiger partial charge is 0.0816 e. The second kappa shape index (κ2) is 7.01. The number of benzene rings is 1. The summed E-state index contributed by atoms with van der Waals surface area (Å²) in [6.07, 6.45) is 5.56. The molecular weight excluding hydrogens is 252 g/mol. The lowest BCUT2D eigenvalue weighted by atomic mass is 9.98. The number of hydrogen-bond acceptors (Lipinski definition) is 2. The molecular formula is C16H24N2S. The van der Waals surface area contributed by atoms with Crippen molar-refractivity contribution >= 4 is 17.2 Å². The minimum Gasteiger partial charge on any atom is -0.393 e. The van der Waals surface area contributed by atoms with Gasteiger partial charge in [0.2, 0.25) is 0 Å². The summed E-state index contributed by atoms with van der Waals surface area (Å²) in [5, 5.41) is 0. The van der Waals surface area contributed by atoms with Gasteiger partial charge in [0.1, 0.15) is 0 Å². The monoisotopic (exact) mass is 276 g/mol. The molecule has 2 nitrogen and oxygen atoms in total. The molecule has 0 saturated heterocycles. The predicted octanol–water partition coefficient (Wildman–Crippen LogP) is 3.18. The zero-order valence-electron chi connectivity index (χ0n) is 11.7. The highest BCUT2D eigenvalue weighted by atomic mass is 32.1. The Hall–Kier alpha value is -0.930. The maximum absolute atomic E-state index is 5.93. The minimum atomic E-state index is 0.169. The second-order valence-electron chi connectivity index (χ2n) is 5.74. The summed E-state index contributed by atoms with van der Waals surface area (Å²) >= 11 is 5.25. The van der Waals surface area contributed by atoms with Crippen molar-refractivity contribution < 1.29 is 0 Å². The number of rotatable bonds is 6. The van der Waals surface area contributed by atoms with Gasteiger partial charge in [0.05, 0.1) is 4.99 Å².